The van der Waals surface area contributed by atoms with E-state index in [1.54, 1.807) is 0 Å². The largest absolute Gasteiger partial charge is 0.573 e. The summed E-state index contributed by atoms with van der Waals surface area (Å²) in [4.78, 5) is 12.1. The van der Waals surface area contributed by atoms with E-state index in [1.165, 1.54) is 12.1 Å². The van der Waals surface area contributed by atoms with Gasteiger partial charge in [-0.2, -0.15) is 13.2 Å². The molecule has 4 rings (SSSR count). The van der Waals surface area contributed by atoms with Gasteiger partial charge in [-0.15, -0.1) is 13.2 Å². The SMILES string of the molecule is O=C(NC(CO)c1cccc(OC(F)(F)F)c1)NC12CC(C(F)(F)F)(C1)C2. The maximum atomic E-state index is 12.8. The zero-order valence-electron chi connectivity index (χ0n) is 13.7. The predicted molar refractivity (Wildman–Crippen MR) is 79.7 cm³/mol. The lowest BCUT2D eigenvalue weighted by Gasteiger charge is -2.70. The Labute approximate surface area is 149 Å². The maximum absolute atomic E-state index is 12.8. The molecule has 11 heteroatoms. The number of alkyl halides is 6. The molecule has 3 aliphatic rings. The van der Waals surface area contributed by atoms with Crippen molar-refractivity contribution in [1.29, 1.82) is 0 Å². The van der Waals surface area contributed by atoms with Crippen LogP contribution >= 0.6 is 0 Å². The number of carbonyl (C=O) groups is 1. The Morgan fingerprint density at radius 3 is 2.33 bits per heavy atom. The van der Waals surface area contributed by atoms with Crippen molar-refractivity contribution in [3.8, 4) is 5.75 Å². The molecule has 0 aliphatic heterocycles. The number of halogens is 6. The molecule has 3 saturated carbocycles. The molecule has 2 amide bonds. The molecular formula is C16H16F6N2O3. The Balaban J connectivity index is 1.58. The molecule has 0 spiro atoms. The summed E-state index contributed by atoms with van der Waals surface area (Å²) in [5, 5.41) is 14.3. The molecule has 3 fully saturated rings. The van der Waals surface area contributed by atoms with Gasteiger partial charge in [0.05, 0.1) is 18.1 Å². The average molecular weight is 398 g/mol. The maximum Gasteiger partial charge on any atom is 0.573 e. The number of hydrogen-bond acceptors (Lipinski definition) is 3. The molecule has 3 N–H and O–H groups in total. The second-order valence-electron chi connectivity index (χ2n) is 7.04. The van der Waals surface area contributed by atoms with Gasteiger partial charge in [-0.25, -0.2) is 4.79 Å². The summed E-state index contributed by atoms with van der Waals surface area (Å²) in [6.07, 6.45) is -9.79. The third-order valence-corrected chi connectivity index (χ3v) is 4.99. The summed E-state index contributed by atoms with van der Waals surface area (Å²) >= 11 is 0. The highest BCUT2D eigenvalue weighted by molar-refractivity contribution is 5.76. The highest BCUT2D eigenvalue weighted by atomic mass is 19.4. The first kappa shape index (κ1) is 19.6. The van der Waals surface area contributed by atoms with Crippen LogP contribution in [0.15, 0.2) is 24.3 Å². The monoisotopic (exact) mass is 398 g/mol. The van der Waals surface area contributed by atoms with E-state index in [0.29, 0.717) is 0 Å². The van der Waals surface area contributed by atoms with Crippen LogP contribution in [0.4, 0.5) is 31.1 Å². The quantitative estimate of drug-likeness (QED) is 0.666. The summed E-state index contributed by atoms with van der Waals surface area (Å²) in [6.45, 7) is -0.623. The van der Waals surface area contributed by atoms with E-state index < -0.39 is 47.9 Å². The summed E-state index contributed by atoms with van der Waals surface area (Å²) in [5.74, 6) is -0.521. The van der Waals surface area contributed by atoms with E-state index in [0.717, 1.165) is 12.1 Å². The molecule has 1 aromatic rings. The van der Waals surface area contributed by atoms with Gasteiger partial charge in [0.25, 0.3) is 0 Å². The molecule has 0 radical (unpaired) electrons. The molecule has 1 unspecified atom stereocenters. The van der Waals surface area contributed by atoms with Crippen LogP contribution < -0.4 is 15.4 Å². The number of aliphatic hydroxyl groups is 1. The molecular weight excluding hydrogens is 382 g/mol. The molecule has 0 aromatic heterocycles. The minimum absolute atomic E-state index is 0.152. The topological polar surface area (TPSA) is 70.6 Å². The lowest BCUT2D eigenvalue weighted by molar-refractivity contribution is -0.336. The van der Waals surface area contributed by atoms with Crippen LogP contribution in [0.25, 0.3) is 0 Å². The fourth-order valence-corrected chi connectivity index (χ4v) is 3.82. The molecule has 1 atom stereocenters. The van der Waals surface area contributed by atoms with Gasteiger partial charge in [-0.3, -0.25) is 0 Å². The van der Waals surface area contributed by atoms with Crippen LogP contribution in [0.5, 0.6) is 5.75 Å². The van der Waals surface area contributed by atoms with Crippen LogP contribution in [-0.2, 0) is 0 Å². The number of benzene rings is 1. The highest BCUT2D eigenvalue weighted by Crippen LogP contribution is 2.73. The molecule has 5 nitrogen and oxygen atoms in total. The normalized spacial score (nSPS) is 27.8. The first-order valence-corrected chi connectivity index (χ1v) is 7.99. The van der Waals surface area contributed by atoms with Gasteiger partial charge in [0.1, 0.15) is 5.75 Å². The Kier molecular flexibility index (Phi) is 4.48. The smallest absolute Gasteiger partial charge is 0.406 e. The number of nitrogens with one attached hydrogen (secondary N) is 2. The fourth-order valence-electron chi connectivity index (χ4n) is 3.82. The fraction of sp³-hybridized carbons (Fsp3) is 0.562. The van der Waals surface area contributed by atoms with Gasteiger partial charge in [0.15, 0.2) is 0 Å². The lowest BCUT2D eigenvalue weighted by Crippen LogP contribution is -2.79. The zero-order chi connectivity index (χ0) is 20.1. The van der Waals surface area contributed by atoms with Crippen LogP contribution in [0.3, 0.4) is 0 Å². The third kappa shape index (κ3) is 3.78. The van der Waals surface area contributed by atoms with Gasteiger partial charge < -0.3 is 20.5 Å². The van der Waals surface area contributed by atoms with Crippen LogP contribution in [0, 0.1) is 5.41 Å². The highest BCUT2D eigenvalue weighted by Gasteiger charge is 2.79. The molecule has 0 heterocycles. The number of amides is 2. The number of carbonyl (C=O) groups excluding carboxylic acids is 1. The number of urea groups is 1. The molecule has 0 saturated heterocycles. The van der Waals surface area contributed by atoms with E-state index in [9.17, 15) is 36.2 Å². The minimum Gasteiger partial charge on any atom is -0.406 e. The van der Waals surface area contributed by atoms with E-state index >= 15 is 0 Å². The van der Waals surface area contributed by atoms with Crippen LogP contribution in [-0.4, -0.2) is 35.8 Å². The van der Waals surface area contributed by atoms with Gasteiger partial charge in [0, 0.05) is 5.54 Å². The number of aliphatic hydroxyl groups excluding tert-OH is 1. The summed E-state index contributed by atoms with van der Waals surface area (Å²) < 4.78 is 79.1. The van der Waals surface area contributed by atoms with Gasteiger partial charge in [-0.05, 0) is 37.0 Å². The van der Waals surface area contributed by atoms with Crippen LogP contribution in [0.2, 0.25) is 0 Å². The number of ether oxygens (including phenoxy) is 1. The van der Waals surface area contributed by atoms with Gasteiger partial charge >= 0.3 is 18.6 Å². The van der Waals surface area contributed by atoms with Crippen molar-refractivity contribution >= 4 is 6.03 Å². The molecule has 1 aromatic carbocycles. The Morgan fingerprint density at radius 1 is 1.19 bits per heavy atom. The minimum atomic E-state index is -4.89. The van der Waals surface area contributed by atoms with E-state index in [4.69, 9.17) is 0 Å². The van der Waals surface area contributed by atoms with E-state index in [-0.39, 0.29) is 24.8 Å². The number of rotatable bonds is 5. The number of hydrogen-bond donors (Lipinski definition) is 3. The predicted octanol–water partition coefficient (Wildman–Crippen LogP) is 3.40. The Bertz CT molecular complexity index is 714. The lowest BCUT2D eigenvalue weighted by atomic mass is 9.39. The van der Waals surface area contributed by atoms with Crippen molar-refractivity contribution in [1.82, 2.24) is 10.6 Å². The Morgan fingerprint density at radius 2 is 1.81 bits per heavy atom. The zero-order valence-corrected chi connectivity index (χ0v) is 13.7. The van der Waals surface area contributed by atoms with Crippen LogP contribution in [0.1, 0.15) is 30.9 Å². The van der Waals surface area contributed by atoms with E-state index in [1.807, 2.05) is 0 Å². The van der Waals surface area contributed by atoms with Crippen molar-refractivity contribution in [2.45, 2.75) is 43.4 Å². The molecule has 2 bridgehead atoms. The second-order valence-corrected chi connectivity index (χ2v) is 7.04. The second kappa shape index (κ2) is 6.18. The first-order chi connectivity index (χ1) is 12.4. The summed E-state index contributed by atoms with van der Waals surface area (Å²) in [5.41, 5.74) is -2.49. The summed E-state index contributed by atoms with van der Waals surface area (Å²) in [7, 11) is 0. The Hall–Kier alpha value is -2.17. The van der Waals surface area contributed by atoms with Gasteiger partial charge in [0.2, 0.25) is 0 Å². The molecule has 150 valence electrons. The molecule has 3 aliphatic carbocycles. The van der Waals surface area contributed by atoms with Crippen molar-refractivity contribution in [3.05, 3.63) is 29.8 Å². The van der Waals surface area contributed by atoms with Crippen molar-refractivity contribution < 1.29 is 41.0 Å². The van der Waals surface area contributed by atoms with Crippen molar-refractivity contribution in [2.75, 3.05) is 6.61 Å². The molecule has 27 heavy (non-hydrogen) atoms. The third-order valence-electron chi connectivity index (χ3n) is 4.99. The standard InChI is InChI=1S/C16H16F6N2O3/c17-15(18,19)13-6-14(7-13,8-13)24-12(26)23-11(5-25)9-2-1-3-10(4-9)27-16(20,21)22/h1-4,11,25H,5-8H2,(H2,23,24,26). The average Bonchev–Trinajstić information content (AvgIpc) is 2.44. The van der Waals surface area contributed by atoms with E-state index in [2.05, 4.69) is 15.4 Å². The van der Waals surface area contributed by atoms with Gasteiger partial charge in [-0.1, -0.05) is 12.1 Å². The summed E-state index contributed by atoms with van der Waals surface area (Å²) in [6, 6.07) is 2.85. The van der Waals surface area contributed by atoms with Crippen molar-refractivity contribution in [3.63, 3.8) is 0 Å². The van der Waals surface area contributed by atoms with Crippen molar-refractivity contribution in [2.24, 2.45) is 5.41 Å². The first-order valence-electron chi connectivity index (χ1n) is 7.99.